The van der Waals surface area contributed by atoms with Crippen LogP contribution in [-0.4, -0.2) is 84.4 Å². The minimum atomic E-state index is -1.42. The average molecular weight is 528 g/mol. The number of likely N-dealkylation sites (tertiary alicyclic amines) is 1. The lowest BCUT2D eigenvalue weighted by Gasteiger charge is -2.33. The molecule has 0 saturated carbocycles. The van der Waals surface area contributed by atoms with Crippen molar-refractivity contribution in [2.75, 3.05) is 25.4 Å². The van der Waals surface area contributed by atoms with Crippen molar-refractivity contribution < 1.29 is 24.5 Å². The van der Waals surface area contributed by atoms with Crippen LogP contribution in [0, 0.1) is 23.2 Å². The highest BCUT2D eigenvalue weighted by atomic mass is 16.6. The predicted octanol–water partition coefficient (Wildman–Crippen LogP) is 0.580. The number of aromatic nitrogens is 4. The SMILES string of the molecule is CCNC(=O)[C@H]1O[C@@H](n2cnc3c(N)nc(C#CCC4CCN(C(=O)CC(C)(C)C)CC4)nc32)C(O)C1O. The number of likely N-dealkylation sites (N-methyl/N-ethyl adjacent to an activating group) is 1. The Balaban J connectivity index is 1.43. The van der Waals surface area contributed by atoms with Crippen LogP contribution in [0.4, 0.5) is 5.82 Å². The minimum absolute atomic E-state index is 0.0229. The third-order valence-corrected chi connectivity index (χ3v) is 6.81. The summed E-state index contributed by atoms with van der Waals surface area (Å²) in [7, 11) is 0. The molecule has 2 fully saturated rings. The van der Waals surface area contributed by atoms with Crippen molar-refractivity contribution >= 4 is 28.8 Å². The summed E-state index contributed by atoms with van der Waals surface area (Å²) in [5.41, 5.74) is 6.65. The first-order valence-electron chi connectivity index (χ1n) is 13.0. The molecule has 2 aliphatic rings. The van der Waals surface area contributed by atoms with Crippen LogP contribution in [0.25, 0.3) is 11.2 Å². The van der Waals surface area contributed by atoms with Gasteiger partial charge >= 0.3 is 0 Å². The van der Waals surface area contributed by atoms with Gasteiger partial charge in [-0.25, -0.2) is 15.0 Å². The van der Waals surface area contributed by atoms with Gasteiger partial charge in [-0.1, -0.05) is 26.7 Å². The molecule has 4 rings (SSSR count). The second-order valence-corrected chi connectivity index (χ2v) is 11.1. The van der Waals surface area contributed by atoms with E-state index < -0.39 is 30.4 Å². The summed E-state index contributed by atoms with van der Waals surface area (Å²) in [6.07, 6.45) is -0.773. The lowest BCUT2D eigenvalue weighted by atomic mass is 9.89. The number of fused-ring (bicyclic) bond motifs is 1. The molecule has 2 aromatic rings. The van der Waals surface area contributed by atoms with Crippen molar-refractivity contribution in [2.45, 2.75) is 77.9 Å². The number of aliphatic hydroxyl groups is 2. The van der Waals surface area contributed by atoms with Crippen LogP contribution in [-0.2, 0) is 14.3 Å². The lowest BCUT2D eigenvalue weighted by molar-refractivity contribution is -0.137. The molecule has 38 heavy (non-hydrogen) atoms. The van der Waals surface area contributed by atoms with Crippen LogP contribution in [0.3, 0.4) is 0 Å². The van der Waals surface area contributed by atoms with Crippen LogP contribution in [0.15, 0.2) is 6.33 Å². The first-order chi connectivity index (χ1) is 18.0. The van der Waals surface area contributed by atoms with Gasteiger partial charge in [0.05, 0.1) is 6.33 Å². The van der Waals surface area contributed by atoms with E-state index in [-0.39, 0.29) is 28.6 Å². The van der Waals surface area contributed by atoms with E-state index in [1.54, 1.807) is 6.92 Å². The second-order valence-electron chi connectivity index (χ2n) is 11.1. The summed E-state index contributed by atoms with van der Waals surface area (Å²) >= 11 is 0. The summed E-state index contributed by atoms with van der Waals surface area (Å²) < 4.78 is 7.12. The van der Waals surface area contributed by atoms with Crippen molar-refractivity contribution in [3.63, 3.8) is 0 Å². The molecular formula is C26H37N7O5. The van der Waals surface area contributed by atoms with Crippen LogP contribution in [0.5, 0.6) is 0 Å². The Labute approximate surface area is 222 Å². The Morgan fingerprint density at radius 1 is 1.21 bits per heavy atom. The molecular weight excluding hydrogens is 490 g/mol. The number of amides is 2. The van der Waals surface area contributed by atoms with Crippen LogP contribution >= 0.6 is 0 Å². The van der Waals surface area contributed by atoms with E-state index in [0.717, 1.165) is 25.9 Å². The molecule has 0 spiro atoms. The van der Waals surface area contributed by atoms with Crippen molar-refractivity contribution in [3.8, 4) is 11.8 Å². The monoisotopic (exact) mass is 527 g/mol. The minimum Gasteiger partial charge on any atom is -0.387 e. The number of anilines is 1. The molecule has 4 heterocycles. The first-order valence-corrected chi connectivity index (χ1v) is 13.0. The molecule has 12 heteroatoms. The van der Waals surface area contributed by atoms with Gasteiger partial charge in [0.2, 0.25) is 11.7 Å². The fourth-order valence-corrected chi connectivity index (χ4v) is 4.79. The Bertz CT molecular complexity index is 1240. The number of ether oxygens (including phenoxy) is 1. The normalized spacial score (nSPS) is 24.3. The number of hydrogen-bond acceptors (Lipinski definition) is 9. The van der Waals surface area contributed by atoms with Crippen LogP contribution < -0.4 is 11.1 Å². The molecule has 2 unspecified atom stereocenters. The van der Waals surface area contributed by atoms with E-state index in [0.29, 0.717) is 30.8 Å². The Morgan fingerprint density at radius 2 is 1.92 bits per heavy atom. The van der Waals surface area contributed by atoms with E-state index in [1.807, 2.05) is 4.90 Å². The van der Waals surface area contributed by atoms with Gasteiger partial charge in [-0.2, -0.15) is 0 Å². The zero-order chi connectivity index (χ0) is 27.6. The Hall–Kier alpha value is -3.27. The zero-order valence-corrected chi connectivity index (χ0v) is 22.3. The number of aliphatic hydroxyl groups excluding tert-OH is 2. The topological polar surface area (TPSA) is 169 Å². The number of nitrogens with two attached hydrogens (primary N) is 1. The van der Waals surface area contributed by atoms with Crippen LogP contribution in [0.1, 0.15) is 65.4 Å². The molecule has 0 aliphatic carbocycles. The van der Waals surface area contributed by atoms with E-state index in [1.165, 1.54) is 10.9 Å². The summed E-state index contributed by atoms with van der Waals surface area (Å²) in [5, 5.41) is 23.5. The molecule has 5 N–H and O–H groups in total. The van der Waals surface area contributed by atoms with E-state index in [4.69, 9.17) is 10.5 Å². The molecule has 0 aromatic carbocycles. The molecule has 2 amide bonds. The molecule has 0 radical (unpaired) electrons. The largest absolute Gasteiger partial charge is 0.387 e. The van der Waals surface area contributed by atoms with E-state index in [2.05, 4.69) is 52.9 Å². The summed E-state index contributed by atoms with van der Waals surface area (Å²) in [5.74, 6) is 6.50. The molecule has 0 bridgehead atoms. The van der Waals surface area contributed by atoms with E-state index in [9.17, 15) is 19.8 Å². The van der Waals surface area contributed by atoms with Crippen molar-refractivity contribution in [3.05, 3.63) is 12.2 Å². The number of carbonyl (C=O) groups excluding carboxylic acids is 2. The summed E-state index contributed by atoms with van der Waals surface area (Å²) in [6, 6.07) is 0. The van der Waals surface area contributed by atoms with Gasteiger partial charge in [0.25, 0.3) is 5.91 Å². The standard InChI is InChI=1S/C26H37N7O5/c1-5-28-24(37)21-19(35)20(36)25(38-21)33-14-29-18-22(27)30-16(31-23(18)33)8-6-7-15-9-11-32(12-10-15)17(34)13-26(2,3)4/h14-15,19-21,25,35-36H,5,7,9-13H2,1-4H3,(H,28,37)(H2,27,30,31)/t19?,20?,21-,25+/m0/s1. The molecule has 206 valence electrons. The summed E-state index contributed by atoms with van der Waals surface area (Å²) in [6.45, 7) is 9.80. The summed E-state index contributed by atoms with van der Waals surface area (Å²) in [4.78, 5) is 39.6. The predicted molar refractivity (Wildman–Crippen MR) is 139 cm³/mol. The quantitative estimate of drug-likeness (QED) is 0.406. The Morgan fingerprint density at radius 3 is 2.58 bits per heavy atom. The molecule has 2 aromatic heterocycles. The van der Waals surface area contributed by atoms with E-state index >= 15 is 0 Å². The smallest absolute Gasteiger partial charge is 0.252 e. The highest BCUT2D eigenvalue weighted by molar-refractivity contribution is 5.83. The van der Waals surface area contributed by atoms with Gasteiger partial charge in [-0.05, 0) is 37.0 Å². The van der Waals surface area contributed by atoms with Gasteiger partial charge in [-0.15, -0.1) is 0 Å². The third kappa shape index (κ3) is 6.06. The van der Waals surface area contributed by atoms with Crippen molar-refractivity contribution in [1.29, 1.82) is 0 Å². The maximum absolute atomic E-state index is 12.5. The van der Waals surface area contributed by atoms with Gasteiger partial charge in [0.15, 0.2) is 23.8 Å². The highest BCUT2D eigenvalue weighted by Crippen LogP contribution is 2.32. The van der Waals surface area contributed by atoms with Gasteiger partial charge in [0.1, 0.15) is 17.7 Å². The maximum atomic E-state index is 12.5. The number of nitrogens with one attached hydrogen (secondary N) is 1. The number of rotatable bonds is 5. The number of imidazole rings is 1. The lowest BCUT2D eigenvalue weighted by Crippen LogP contribution is -2.42. The Kier molecular flexibility index (Phi) is 8.20. The fraction of sp³-hybridized carbons (Fsp3) is 0.654. The second kappa shape index (κ2) is 11.2. The number of piperidine rings is 1. The first kappa shape index (κ1) is 27.8. The van der Waals surface area contributed by atoms with Gasteiger partial charge in [0, 0.05) is 32.5 Å². The van der Waals surface area contributed by atoms with Crippen molar-refractivity contribution in [1.82, 2.24) is 29.7 Å². The third-order valence-electron chi connectivity index (χ3n) is 6.81. The zero-order valence-electron chi connectivity index (χ0n) is 22.3. The number of carbonyl (C=O) groups is 2. The molecule has 12 nitrogen and oxygen atoms in total. The fourth-order valence-electron chi connectivity index (χ4n) is 4.79. The number of nitrogens with zero attached hydrogens (tertiary/aromatic N) is 5. The van der Waals surface area contributed by atoms with Crippen LogP contribution in [0.2, 0.25) is 0 Å². The molecule has 4 atom stereocenters. The molecule has 2 aliphatic heterocycles. The highest BCUT2D eigenvalue weighted by Gasteiger charge is 2.47. The van der Waals surface area contributed by atoms with Crippen molar-refractivity contribution in [2.24, 2.45) is 11.3 Å². The number of nitrogen functional groups attached to an aromatic ring is 1. The maximum Gasteiger partial charge on any atom is 0.252 e. The van der Waals surface area contributed by atoms with Gasteiger partial charge in [-0.3, -0.25) is 14.2 Å². The molecule has 2 saturated heterocycles. The van der Waals surface area contributed by atoms with Gasteiger partial charge < -0.3 is 30.9 Å². The average Bonchev–Trinajstić information content (AvgIpc) is 3.40. The number of hydrogen-bond donors (Lipinski definition) is 4.